The molecule has 1 aromatic rings. The third kappa shape index (κ3) is 2.45. The van der Waals surface area contributed by atoms with Gasteiger partial charge in [-0.1, -0.05) is 30.3 Å². The molecule has 1 aliphatic heterocycles. The van der Waals surface area contributed by atoms with Crippen LogP contribution in [0.25, 0.3) is 0 Å². The first-order chi connectivity index (χ1) is 9.58. The van der Waals surface area contributed by atoms with Gasteiger partial charge < -0.3 is 15.1 Å². The minimum atomic E-state index is -0.916. The van der Waals surface area contributed by atoms with Gasteiger partial charge in [-0.3, -0.25) is 4.79 Å². The van der Waals surface area contributed by atoms with Gasteiger partial charge in [-0.25, -0.2) is 0 Å². The van der Waals surface area contributed by atoms with Gasteiger partial charge in [0, 0.05) is 19.4 Å². The summed E-state index contributed by atoms with van der Waals surface area (Å²) in [6.07, 6.45) is 2.12. The van der Waals surface area contributed by atoms with E-state index in [4.69, 9.17) is 0 Å². The number of piperidine rings is 1. The number of aliphatic hydroxyl groups excluding tert-OH is 1. The van der Waals surface area contributed by atoms with Crippen LogP contribution in [0.1, 0.15) is 37.7 Å². The number of hydrogen-bond donors (Lipinski definition) is 2. The number of benzene rings is 1. The van der Waals surface area contributed by atoms with E-state index in [0.717, 1.165) is 5.56 Å². The Balaban J connectivity index is 1.82. The maximum absolute atomic E-state index is 12.2. The SMILES string of the molecule is O=C1CC[C@]2(O)C[C@@H](O)CC[C@@H]2N1Cc1ccccc1. The van der Waals surface area contributed by atoms with Crippen molar-refractivity contribution in [3.8, 4) is 0 Å². The van der Waals surface area contributed by atoms with E-state index in [1.807, 2.05) is 35.2 Å². The van der Waals surface area contributed by atoms with Gasteiger partial charge in [0.1, 0.15) is 0 Å². The lowest BCUT2D eigenvalue weighted by Gasteiger charge is -2.50. The molecule has 2 aliphatic rings. The molecule has 1 saturated carbocycles. The average Bonchev–Trinajstić information content (AvgIpc) is 2.43. The first kappa shape index (κ1) is 13.6. The van der Waals surface area contributed by atoms with Crippen LogP contribution < -0.4 is 0 Å². The highest BCUT2D eigenvalue weighted by Gasteiger charge is 2.49. The molecule has 20 heavy (non-hydrogen) atoms. The number of hydrogen-bond acceptors (Lipinski definition) is 3. The summed E-state index contributed by atoms with van der Waals surface area (Å²) in [5, 5.41) is 20.6. The summed E-state index contributed by atoms with van der Waals surface area (Å²) in [6.45, 7) is 0.544. The molecular weight excluding hydrogens is 254 g/mol. The van der Waals surface area contributed by atoms with E-state index in [0.29, 0.717) is 38.6 Å². The lowest BCUT2D eigenvalue weighted by Crippen LogP contribution is -2.61. The molecule has 2 N–H and O–H groups in total. The van der Waals surface area contributed by atoms with Gasteiger partial charge in [0.05, 0.1) is 17.7 Å². The summed E-state index contributed by atoms with van der Waals surface area (Å²) in [5.74, 6) is 0.111. The largest absolute Gasteiger partial charge is 0.393 e. The van der Waals surface area contributed by atoms with E-state index in [-0.39, 0.29) is 11.9 Å². The summed E-state index contributed by atoms with van der Waals surface area (Å²) < 4.78 is 0. The average molecular weight is 275 g/mol. The van der Waals surface area contributed by atoms with Crippen LogP contribution in [0.5, 0.6) is 0 Å². The van der Waals surface area contributed by atoms with Crippen molar-refractivity contribution in [3.05, 3.63) is 35.9 Å². The summed E-state index contributed by atoms with van der Waals surface area (Å²) in [7, 11) is 0. The Hall–Kier alpha value is -1.39. The Bertz CT molecular complexity index is 490. The third-order valence-electron chi connectivity index (χ3n) is 4.65. The fraction of sp³-hybridized carbons (Fsp3) is 0.562. The van der Waals surface area contributed by atoms with Gasteiger partial charge in [0.2, 0.25) is 5.91 Å². The van der Waals surface area contributed by atoms with E-state index in [1.54, 1.807) is 0 Å². The number of amides is 1. The standard InChI is InChI=1S/C16H21NO3/c18-13-6-7-14-16(20,10-13)9-8-15(19)17(14)11-12-4-2-1-3-5-12/h1-5,13-14,18,20H,6-11H2/t13-,14-,16-/m0/s1. The van der Waals surface area contributed by atoms with Crippen LogP contribution in [-0.4, -0.2) is 38.8 Å². The Morgan fingerprint density at radius 3 is 2.75 bits per heavy atom. The van der Waals surface area contributed by atoms with E-state index in [9.17, 15) is 15.0 Å². The topological polar surface area (TPSA) is 60.8 Å². The monoisotopic (exact) mass is 275 g/mol. The fourth-order valence-corrected chi connectivity index (χ4v) is 3.60. The van der Waals surface area contributed by atoms with Gasteiger partial charge >= 0.3 is 0 Å². The van der Waals surface area contributed by atoms with Gasteiger partial charge in [0.25, 0.3) is 0 Å². The summed E-state index contributed by atoms with van der Waals surface area (Å²) in [5.41, 5.74) is 0.164. The maximum atomic E-state index is 12.2. The molecule has 3 atom stereocenters. The quantitative estimate of drug-likeness (QED) is 0.859. The zero-order chi connectivity index (χ0) is 14.2. The molecule has 3 rings (SSSR count). The molecule has 4 nitrogen and oxygen atoms in total. The second-order valence-corrected chi connectivity index (χ2v) is 6.06. The summed E-state index contributed by atoms with van der Waals surface area (Å²) in [4.78, 5) is 14.0. The highest BCUT2D eigenvalue weighted by atomic mass is 16.3. The van der Waals surface area contributed by atoms with Crippen LogP contribution in [-0.2, 0) is 11.3 Å². The van der Waals surface area contributed by atoms with E-state index >= 15 is 0 Å². The first-order valence-electron chi connectivity index (χ1n) is 7.32. The second kappa shape index (κ2) is 5.19. The number of carbonyl (C=O) groups excluding carboxylic acids is 1. The predicted molar refractivity (Wildman–Crippen MR) is 74.8 cm³/mol. The van der Waals surface area contributed by atoms with Crippen molar-refractivity contribution < 1.29 is 15.0 Å². The Morgan fingerprint density at radius 1 is 1.25 bits per heavy atom. The van der Waals surface area contributed by atoms with Crippen LogP contribution in [0.2, 0.25) is 0 Å². The molecular formula is C16H21NO3. The lowest BCUT2D eigenvalue weighted by molar-refractivity contribution is -0.166. The van der Waals surface area contributed by atoms with E-state index in [2.05, 4.69) is 0 Å². The van der Waals surface area contributed by atoms with Crippen molar-refractivity contribution in [2.45, 2.75) is 56.4 Å². The van der Waals surface area contributed by atoms with Crippen LogP contribution in [0.3, 0.4) is 0 Å². The van der Waals surface area contributed by atoms with E-state index in [1.165, 1.54) is 0 Å². The van der Waals surface area contributed by atoms with E-state index < -0.39 is 11.7 Å². The molecule has 1 amide bonds. The number of nitrogens with zero attached hydrogens (tertiary/aromatic N) is 1. The van der Waals surface area contributed by atoms with Crippen molar-refractivity contribution in [3.63, 3.8) is 0 Å². The molecule has 0 unspecified atom stereocenters. The lowest BCUT2D eigenvalue weighted by atomic mass is 9.73. The van der Waals surface area contributed by atoms with Crippen molar-refractivity contribution in [1.29, 1.82) is 0 Å². The van der Waals surface area contributed by atoms with Crippen LogP contribution in [0, 0.1) is 0 Å². The number of rotatable bonds is 2. The fourth-order valence-electron chi connectivity index (χ4n) is 3.60. The molecule has 2 fully saturated rings. The molecule has 4 heteroatoms. The molecule has 1 heterocycles. The van der Waals surface area contributed by atoms with Gasteiger partial charge in [-0.15, -0.1) is 0 Å². The zero-order valence-electron chi connectivity index (χ0n) is 11.5. The minimum Gasteiger partial charge on any atom is -0.393 e. The maximum Gasteiger partial charge on any atom is 0.223 e. The molecule has 0 radical (unpaired) electrons. The smallest absolute Gasteiger partial charge is 0.223 e. The normalized spacial score (nSPS) is 33.9. The number of carbonyl (C=O) groups is 1. The molecule has 1 aliphatic carbocycles. The summed E-state index contributed by atoms with van der Waals surface area (Å²) in [6, 6.07) is 9.71. The molecule has 108 valence electrons. The highest BCUT2D eigenvalue weighted by Crippen LogP contribution is 2.40. The Morgan fingerprint density at radius 2 is 2.00 bits per heavy atom. The summed E-state index contributed by atoms with van der Waals surface area (Å²) >= 11 is 0. The highest BCUT2D eigenvalue weighted by molar-refractivity contribution is 5.78. The van der Waals surface area contributed by atoms with Gasteiger partial charge in [-0.2, -0.15) is 0 Å². The van der Waals surface area contributed by atoms with Crippen molar-refractivity contribution in [2.24, 2.45) is 0 Å². The van der Waals surface area contributed by atoms with Crippen LogP contribution in [0.15, 0.2) is 30.3 Å². The number of fused-ring (bicyclic) bond motifs is 1. The zero-order valence-corrected chi connectivity index (χ0v) is 11.5. The second-order valence-electron chi connectivity index (χ2n) is 6.06. The number of aliphatic hydroxyl groups is 2. The van der Waals surface area contributed by atoms with Crippen molar-refractivity contribution in [2.75, 3.05) is 0 Å². The molecule has 0 aromatic heterocycles. The van der Waals surface area contributed by atoms with Crippen LogP contribution in [0.4, 0.5) is 0 Å². The molecule has 0 bridgehead atoms. The van der Waals surface area contributed by atoms with Gasteiger partial charge in [0.15, 0.2) is 0 Å². The third-order valence-corrected chi connectivity index (χ3v) is 4.65. The minimum absolute atomic E-state index is 0.111. The van der Waals surface area contributed by atoms with Crippen molar-refractivity contribution >= 4 is 5.91 Å². The molecule has 1 saturated heterocycles. The number of likely N-dealkylation sites (tertiary alicyclic amines) is 1. The molecule has 1 aromatic carbocycles. The van der Waals surface area contributed by atoms with Crippen LogP contribution >= 0.6 is 0 Å². The van der Waals surface area contributed by atoms with Gasteiger partial charge in [-0.05, 0) is 24.8 Å². The van der Waals surface area contributed by atoms with Crippen molar-refractivity contribution in [1.82, 2.24) is 4.90 Å². The Kier molecular flexibility index (Phi) is 3.52. The molecule has 0 spiro atoms. The Labute approximate surface area is 119 Å². The predicted octanol–water partition coefficient (Wildman–Crippen LogP) is 1.45. The first-order valence-corrected chi connectivity index (χ1v) is 7.32.